The summed E-state index contributed by atoms with van der Waals surface area (Å²) in [5, 5.41) is 0. The fourth-order valence-corrected chi connectivity index (χ4v) is 8.39. The number of rotatable bonds is 13. The summed E-state index contributed by atoms with van der Waals surface area (Å²) in [5.74, 6) is 0. The van der Waals surface area contributed by atoms with E-state index >= 15 is 0 Å². The number of benzene rings is 10. The topological polar surface area (TPSA) is 6.48 Å². The lowest BCUT2D eigenvalue weighted by atomic mass is 10.0. The number of hydrogen-bond donors (Lipinski definition) is 0. The van der Waals surface area contributed by atoms with Crippen LogP contribution in [0.25, 0.3) is 57.7 Å². The Morgan fingerprint density at radius 3 is 0.758 bits per heavy atom. The molecule has 0 spiro atoms. The quantitative estimate of drug-likeness (QED) is 0.107. The third-order valence-electron chi connectivity index (χ3n) is 11.8. The lowest BCUT2D eigenvalue weighted by Gasteiger charge is -2.26. The first-order valence-corrected chi connectivity index (χ1v) is 22.5. The molecule has 0 heterocycles. The van der Waals surface area contributed by atoms with Gasteiger partial charge in [0.05, 0.1) is 0 Å². The molecule has 0 radical (unpaired) electrons. The van der Waals surface area contributed by atoms with Crippen LogP contribution in [0.15, 0.2) is 267 Å². The minimum absolute atomic E-state index is 1.11. The van der Waals surface area contributed by atoms with E-state index in [4.69, 9.17) is 0 Å². The molecule has 2 nitrogen and oxygen atoms in total. The maximum Gasteiger partial charge on any atom is 0.0467 e. The van der Waals surface area contributed by atoms with Gasteiger partial charge in [0.2, 0.25) is 0 Å². The van der Waals surface area contributed by atoms with E-state index in [9.17, 15) is 0 Å². The fourth-order valence-electron chi connectivity index (χ4n) is 8.39. The van der Waals surface area contributed by atoms with Crippen LogP contribution in [-0.4, -0.2) is 0 Å². The highest BCUT2D eigenvalue weighted by Crippen LogP contribution is 2.38. The van der Waals surface area contributed by atoms with Crippen LogP contribution < -0.4 is 9.80 Å². The number of hydrogen-bond acceptors (Lipinski definition) is 2. The van der Waals surface area contributed by atoms with Crippen molar-refractivity contribution in [2.24, 2.45) is 0 Å². The zero-order chi connectivity index (χ0) is 44.3. The Balaban J connectivity index is 0.793. The molecule has 10 aromatic rings. The normalized spacial score (nSPS) is 11.2. The van der Waals surface area contributed by atoms with Gasteiger partial charge in [0, 0.05) is 34.1 Å². The average Bonchev–Trinajstić information content (AvgIpc) is 3.40. The molecule has 0 aliphatic heterocycles. The summed E-state index contributed by atoms with van der Waals surface area (Å²) in [4.78, 5) is 4.63. The monoisotopic (exact) mass is 844 g/mol. The minimum atomic E-state index is 1.11. The molecule has 10 rings (SSSR count). The second kappa shape index (κ2) is 19.8. The van der Waals surface area contributed by atoms with E-state index in [0.29, 0.717) is 0 Å². The molecule has 0 saturated heterocycles. The van der Waals surface area contributed by atoms with Gasteiger partial charge in [-0.25, -0.2) is 0 Å². The van der Waals surface area contributed by atoms with E-state index in [2.05, 4.69) is 301 Å². The van der Waals surface area contributed by atoms with Gasteiger partial charge in [-0.15, -0.1) is 0 Å². The molecule has 0 bridgehead atoms. The highest BCUT2D eigenvalue weighted by molar-refractivity contribution is 5.83. The van der Waals surface area contributed by atoms with Crippen LogP contribution >= 0.6 is 0 Å². The van der Waals surface area contributed by atoms with Gasteiger partial charge in [-0.2, -0.15) is 0 Å². The maximum atomic E-state index is 2.31. The first-order chi connectivity index (χ1) is 32.7. The standard InChI is InChI=1S/C64H48N2/c1-5-15-53(16-6-1)57-19-13-25-63(47-57)65(59-21-9-3-10-22-59)61-43-35-51(36-44-61)29-27-49-31-39-55(40-32-49)56-41-33-50(34-42-56)28-30-52-37-45-62(46-38-52)66(60-23-11-4-12-24-60)64-26-14-20-58(48-64)54-17-7-2-8-18-54/h1-48H/b29-27+,30-28?. The maximum absolute atomic E-state index is 2.31. The third-order valence-corrected chi connectivity index (χ3v) is 11.8. The highest BCUT2D eigenvalue weighted by atomic mass is 15.1. The summed E-state index contributed by atoms with van der Waals surface area (Å²) in [7, 11) is 0. The molecule has 0 saturated carbocycles. The predicted octanol–water partition coefficient (Wildman–Crippen LogP) is 18.0. The number of anilines is 6. The Hall–Kier alpha value is -8.72. The summed E-state index contributed by atoms with van der Waals surface area (Å²) >= 11 is 0. The van der Waals surface area contributed by atoms with Gasteiger partial charge in [-0.3, -0.25) is 0 Å². The smallest absolute Gasteiger partial charge is 0.0467 e. The van der Waals surface area contributed by atoms with Crippen molar-refractivity contribution < 1.29 is 0 Å². The zero-order valence-electron chi connectivity index (χ0n) is 36.6. The fraction of sp³-hybridized carbons (Fsp3) is 0. The molecule has 0 amide bonds. The predicted molar refractivity (Wildman–Crippen MR) is 283 cm³/mol. The molecular weight excluding hydrogens is 797 g/mol. The molecule has 314 valence electrons. The Labute approximate surface area is 389 Å². The molecule has 2 heteroatoms. The van der Waals surface area contributed by atoms with Crippen LogP contribution in [0.5, 0.6) is 0 Å². The first-order valence-electron chi connectivity index (χ1n) is 22.5. The van der Waals surface area contributed by atoms with E-state index in [1.807, 2.05) is 0 Å². The van der Waals surface area contributed by atoms with Crippen molar-refractivity contribution in [2.45, 2.75) is 0 Å². The molecule has 10 aromatic carbocycles. The lowest BCUT2D eigenvalue weighted by molar-refractivity contribution is 1.28. The molecule has 0 N–H and O–H groups in total. The summed E-state index contributed by atoms with van der Waals surface area (Å²) in [6, 6.07) is 94.9. The van der Waals surface area contributed by atoms with Crippen molar-refractivity contribution in [1.29, 1.82) is 0 Å². The second-order valence-corrected chi connectivity index (χ2v) is 16.3. The number of para-hydroxylation sites is 2. The molecule has 0 aromatic heterocycles. The van der Waals surface area contributed by atoms with Crippen molar-refractivity contribution in [3.8, 4) is 33.4 Å². The molecule has 66 heavy (non-hydrogen) atoms. The lowest BCUT2D eigenvalue weighted by Crippen LogP contribution is -2.09. The van der Waals surface area contributed by atoms with Gasteiger partial charge < -0.3 is 9.80 Å². The van der Waals surface area contributed by atoms with Gasteiger partial charge >= 0.3 is 0 Å². The van der Waals surface area contributed by atoms with Crippen LogP contribution in [0, 0.1) is 0 Å². The number of nitrogens with zero attached hydrogens (tertiary/aromatic N) is 2. The van der Waals surface area contributed by atoms with Crippen LogP contribution in [0.2, 0.25) is 0 Å². The van der Waals surface area contributed by atoms with E-state index in [1.54, 1.807) is 0 Å². The molecule has 0 aliphatic carbocycles. The van der Waals surface area contributed by atoms with Crippen LogP contribution in [0.1, 0.15) is 22.3 Å². The SMILES string of the molecule is C(=Cc1ccc(N(c2ccccc2)c2cccc(-c3ccccc3)c2)cc1)c1ccc(-c2ccc(/C=C/c3ccc(N(c4ccccc4)c4cccc(-c5ccccc5)c4)cc3)cc2)cc1. The minimum Gasteiger partial charge on any atom is -0.310 e. The highest BCUT2D eigenvalue weighted by Gasteiger charge is 2.15. The molecule has 0 atom stereocenters. The van der Waals surface area contributed by atoms with Crippen molar-refractivity contribution >= 4 is 58.4 Å². The Kier molecular flexibility index (Phi) is 12.4. The van der Waals surface area contributed by atoms with E-state index < -0.39 is 0 Å². The third kappa shape index (κ3) is 9.75. The van der Waals surface area contributed by atoms with Gasteiger partial charge in [0.25, 0.3) is 0 Å². The van der Waals surface area contributed by atoms with Gasteiger partial charge in [0.1, 0.15) is 0 Å². The van der Waals surface area contributed by atoms with E-state index in [0.717, 1.165) is 56.4 Å². The molecular formula is C64H48N2. The zero-order valence-corrected chi connectivity index (χ0v) is 36.6. The molecule has 0 unspecified atom stereocenters. The average molecular weight is 845 g/mol. The Bertz CT molecular complexity index is 2950. The van der Waals surface area contributed by atoms with Gasteiger partial charge in [-0.05, 0) is 128 Å². The summed E-state index contributed by atoms with van der Waals surface area (Å²) in [6.07, 6.45) is 8.72. The van der Waals surface area contributed by atoms with Gasteiger partial charge in [-0.1, -0.05) is 218 Å². The van der Waals surface area contributed by atoms with Crippen molar-refractivity contribution in [2.75, 3.05) is 9.80 Å². The molecule has 0 fully saturated rings. The summed E-state index contributed by atoms with van der Waals surface area (Å²) < 4.78 is 0. The van der Waals surface area contributed by atoms with Crippen molar-refractivity contribution in [3.05, 3.63) is 289 Å². The second-order valence-electron chi connectivity index (χ2n) is 16.3. The summed E-state index contributed by atoms with van der Waals surface area (Å²) in [6.45, 7) is 0. The van der Waals surface area contributed by atoms with Crippen LogP contribution in [0.4, 0.5) is 34.1 Å². The van der Waals surface area contributed by atoms with Crippen molar-refractivity contribution in [3.63, 3.8) is 0 Å². The summed E-state index contributed by atoms with van der Waals surface area (Å²) in [5.41, 5.74) is 18.5. The van der Waals surface area contributed by atoms with E-state index in [1.165, 1.54) is 33.4 Å². The van der Waals surface area contributed by atoms with Gasteiger partial charge in [0.15, 0.2) is 0 Å². The van der Waals surface area contributed by atoms with Crippen LogP contribution in [-0.2, 0) is 0 Å². The Morgan fingerprint density at radius 1 is 0.182 bits per heavy atom. The first kappa shape index (κ1) is 41.3. The molecule has 0 aliphatic rings. The Morgan fingerprint density at radius 2 is 0.424 bits per heavy atom. The van der Waals surface area contributed by atoms with Crippen molar-refractivity contribution in [1.82, 2.24) is 0 Å². The van der Waals surface area contributed by atoms with E-state index in [-0.39, 0.29) is 0 Å². The largest absolute Gasteiger partial charge is 0.310 e. The van der Waals surface area contributed by atoms with Crippen LogP contribution in [0.3, 0.4) is 0 Å².